The second-order valence-corrected chi connectivity index (χ2v) is 4.43. The molecule has 0 amide bonds. The van der Waals surface area contributed by atoms with Gasteiger partial charge in [-0.3, -0.25) is 9.78 Å². The average Bonchev–Trinajstić information content (AvgIpc) is 3.13. The molecule has 4 nitrogen and oxygen atoms in total. The fourth-order valence-corrected chi connectivity index (χ4v) is 1.88. The highest BCUT2D eigenvalue weighted by Gasteiger charge is 2.26. The van der Waals surface area contributed by atoms with E-state index in [9.17, 15) is 4.79 Å². The van der Waals surface area contributed by atoms with E-state index in [2.05, 4.69) is 15.0 Å². The Morgan fingerprint density at radius 3 is 3.00 bits per heavy atom. The van der Waals surface area contributed by atoms with Crippen molar-refractivity contribution in [3.63, 3.8) is 0 Å². The van der Waals surface area contributed by atoms with Gasteiger partial charge >= 0.3 is 0 Å². The molecule has 0 unspecified atom stereocenters. The number of hydrogen-bond donors (Lipinski definition) is 1. The summed E-state index contributed by atoms with van der Waals surface area (Å²) in [5.41, 5.74) is 1.84. The molecule has 4 heteroatoms. The minimum Gasteiger partial charge on any atom is -0.310 e. The SMILES string of the molecule is O=c1cc(Cc2cccnc2)nc(C2CC2)[nH]1. The van der Waals surface area contributed by atoms with E-state index in [1.165, 1.54) is 0 Å². The summed E-state index contributed by atoms with van der Waals surface area (Å²) in [4.78, 5) is 22.9. The average molecular weight is 227 g/mol. The van der Waals surface area contributed by atoms with Crippen LogP contribution in [0.1, 0.15) is 35.8 Å². The van der Waals surface area contributed by atoms with Crippen molar-refractivity contribution in [2.45, 2.75) is 25.2 Å². The van der Waals surface area contributed by atoms with Gasteiger partial charge in [-0.05, 0) is 24.5 Å². The molecule has 2 aromatic heterocycles. The van der Waals surface area contributed by atoms with Crippen LogP contribution in [-0.4, -0.2) is 15.0 Å². The lowest BCUT2D eigenvalue weighted by Crippen LogP contribution is -2.12. The molecule has 1 N–H and O–H groups in total. The second kappa shape index (κ2) is 4.13. The first-order valence-corrected chi connectivity index (χ1v) is 5.80. The smallest absolute Gasteiger partial charge is 0.251 e. The van der Waals surface area contributed by atoms with Gasteiger partial charge in [0.15, 0.2) is 0 Å². The molecule has 1 saturated carbocycles. The zero-order valence-corrected chi connectivity index (χ0v) is 9.39. The lowest BCUT2D eigenvalue weighted by Gasteiger charge is -2.03. The summed E-state index contributed by atoms with van der Waals surface area (Å²) in [6.07, 6.45) is 6.49. The monoisotopic (exact) mass is 227 g/mol. The first kappa shape index (κ1) is 10.2. The molecule has 1 aliphatic carbocycles. The van der Waals surface area contributed by atoms with Crippen molar-refractivity contribution >= 4 is 0 Å². The summed E-state index contributed by atoms with van der Waals surface area (Å²) >= 11 is 0. The molecule has 0 aromatic carbocycles. The van der Waals surface area contributed by atoms with E-state index < -0.39 is 0 Å². The fraction of sp³-hybridized carbons (Fsp3) is 0.308. The third-order valence-corrected chi connectivity index (χ3v) is 2.89. The highest BCUT2D eigenvalue weighted by atomic mass is 16.1. The molecule has 0 aliphatic heterocycles. The largest absolute Gasteiger partial charge is 0.310 e. The molecule has 0 atom stereocenters. The zero-order valence-electron chi connectivity index (χ0n) is 9.39. The molecule has 0 bridgehead atoms. The molecule has 86 valence electrons. The van der Waals surface area contributed by atoms with Gasteiger partial charge in [-0.2, -0.15) is 0 Å². The Morgan fingerprint density at radius 1 is 1.41 bits per heavy atom. The van der Waals surface area contributed by atoms with Gasteiger partial charge in [-0.15, -0.1) is 0 Å². The topological polar surface area (TPSA) is 58.6 Å². The van der Waals surface area contributed by atoms with E-state index >= 15 is 0 Å². The minimum atomic E-state index is -0.0548. The number of rotatable bonds is 3. The number of aromatic amines is 1. The van der Waals surface area contributed by atoms with Crippen molar-refractivity contribution in [1.82, 2.24) is 15.0 Å². The molecule has 2 aromatic rings. The standard InChI is InChI=1S/C13H13N3O/c17-12-7-11(6-9-2-1-5-14-8-9)15-13(16-12)10-3-4-10/h1-2,5,7-8,10H,3-4,6H2,(H,15,16,17). The van der Waals surface area contributed by atoms with Crippen LogP contribution < -0.4 is 5.56 Å². The number of H-pyrrole nitrogens is 1. The van der Waals surface area contributed by atoms with Crippen LogP contribution in [-0.2, 0) is 6.42 Å². The quantitative estimate of drug-likeness (QED) is 0.867. The van der Waals surface area contributed by atoms with Crippen LogP contribution in [0.5, 0.6) is 0 Å². The summed E-state index contributed by atoms with van der Waals surface area (Å²) in [6, 6.07) is 5.45. The van der Waals surface area contributed by atoms with Crippen LogP contribution in [0.2, 0.25) is 0 Å². The van der Waals surface area contributed by atoms with Crippen molar-refractivity contribution < 1.29 is 0 Å². The normalized spacial score (nSPS) is 14.8. The number of nitrogens with zero attached hydrogens (tertiary/aromatic N) is 2. The Labute approximate surface area is 98.8 Å². The van der Waals surface area contributed by atoms with Crippen LogP contribution in [0.15, 0.2) is 35.4 Å². The van der Waals surface area contributed by atoms with Gasteiger partial charge in [0, 0.05) is 30.8 Å². The maximum absolute atomic E-state index is 11.5. The Balaban J connectivity index is 1.90. The zero-order chi connectivity index (χ0) is 11.7. The van der Waals surface area contributed by atoms with E-state index in [0.29, 0.717) is 12.3 Å². The molecule has 3 rings (SSSR count). The van der Waals surface area contributed by atoms with Crippen LogP contribution in [0.3, 0.4) is 0 Å². The Bertz CT molecular complexity index is 573. The summed E-state index contributed by atoms with van der Waals surface area (Å²) in [7, 11) is 0. The van der Waals surface area contributed by atoms with Crippen molar-refractivity contribution in [2.75, 3.05) is 0 Å². The number of aromatic nitrogens is 3. The van der Waals surface area contributed by atoms with Crippen LogP contribution in [0, 0.1) is 0 Å². The van der Waals surface area contributed by atoms with E-state index in [0.717, 1.165) is 29.9 Å². The van der Waals surface area contributed by atoms with E-state index in [4.69, 9.17) is 0 Å². The predicted molar refractivity (Wildman–Crippen MR) is 63.9 cm³/mol. The van der Waals surface area contributed by atoms with E-state index in [1.54, 1.807) is 18.5 Å². The number of hydrogen-bond acceptors (Lipinski definition) is 3. The van der Waals surface area contributed by atoms with Gasteiger partial charge < -0.3 is 4.98 Å². The lowest BCUT2D eigenvalue weighted by atomic mass is 10.1. The summed E-state index contributed by atoms with van der Waals surface area (Å²) < 4.78 is 0. The van der Waals surface area contributed by atoms with Crippen molar-refractivity contribution in [3.05, 3.63) is 58.0 Å². The van der Waals surface area contributed by atoms with Gasteiger partial charge in [0.1, 0.15) is 5.82 Å². The number of nitrogens with one attached hydrogen (secondary N) is 1. The van der Waals surface area contributed by atoms with Crippen LogP contribution in [0.25, 0.3) is 0 Å². The van der Waals surface area contributed by atoms with Crippen LogP contribution >= 0.6 is 0 Å². The van der Waals surface area contributed by atoms with Crippen molar-refractivity contribution in [1.29, 1.82) is 0 Å². The molecule has 0 saturated heterocycles. The van der Waals surface area contributed by atoms with Gasteiger partial charge in [0.2, 0.25) is 0 Å². The summed E-state index contributed by atoms with van der Waals surface area (Å²) in [5.74, 6) is 1.31. The van der Waals surface area contributed by atoms with Crippen molar-refractivity contribution in [2.24, 2.45) is 0 Å². The van der Waals surface area contributed by atoms with Gasteiger partial charge in [-0.1, -0.05) is 6.07 Å². The molecular weight excluding hydrogens is 214 g/mol. The highest BCUT2D eigenvalue weighted by molar-refractivity contribution is 5.19. The summed E-state index contributed by atoms with van der Waals surface area (Å²) in [5, 5.41) is 0. The third-order valence-electron chi connectivity index (χ3n) is 2.89. The third kappa shape index (κ3) is 2.41. The molecule has 0 spiro atoms. The maximum Gasteiger partial charge on any atom is 0.251 e. The van der Waals surface area contributed by atoms with Gasteiger partial charge in [0.25, 0.3) is 5.56 Å². The first-order valence-electron chi connectivity index (χ1n) is 5.80. The molecule has 17 heavy (non-hydrogen) atoms. The molecule has 0 radical (unpaired) electrons. The van der Waals surface area contributed by atoms with Gasteiger partial charge in [0.05, 0.1) is 5.69 Å². The molecule has 1 aliphatic rings. The van der Waals surface area contributed by atoms with E-state index in [-0.39, 0.29) is 5.56 Å². The Morgan fingerprint density at radius 2 is 2.29 bits per heavy atom. The predicted octanol–water partition coefficient (Wildman–Crippen LogP) is 1.63. The van der Waals surface area contributed by atoms with E-state index in [1.807, 2.05) is 12.1 Å². The highest BCUT2D eigenvalue weighted by Crippen LogP contribution is 2.37. The van der Waals surface area contributed by atoms with Crippen molar-refractivity contribution in [3.8, 4) is 0 Å². The molecular formula is C13H13N3O. The fourth-order valence-electron chi connectivity index (χ4n) is 1.88. The Hall–Kier alpha value is -1.97. The summed E-state index contributed by atoms with van der Waals surface area (Å²) in [6.45, 7) is 0. The Kier molecular flexibility index (Phi) is 2.48. The second-order valence-electron chi connectivity index (χ2n) is 4.43. The van der Waals surface area contributed by atoms with Gasteiger partial charge in [-0.25, -0.2) is 4.98 Å². The molecule has 2 heterocycles. The van der Waals surface area contributed by atoms with Crippen LogP contribution in [0.4, 0.5) is 0 Å². The number of pyridine rings is 1. The minimum absolute atomic E-state index is 0.0548. The lowest BCUT2D eigenvalue weighted by molar-refractivity contribution is 0.869. The maximum atomic E-state index is 11.5. The first-order chi connectivity index (χ1) is 8.31. The molecule has 1 fully saturated rings.